The van der Waals surface area contributed by atoms with Crippen molar-refractivity contribution in [2.24, 2.45) is 0 Å². The van der Waals surface area contributed by atoms with Gasteiger partial charge in [0.1, 0.15) is 0 Å². The van der Waals surface area contributed by atoms with Crippen LogP contribution in [-0.2, 0) is 14.3 Å². The smallest absolute Gasteiger partial charge is 0.338 e. The molecular weight excluding hydrogens is 172 g/mol. The van der Waals surface area contributed by atoms with Crippen molar-refractivity contribution in [3.05, 3.63) is 35.3 Å². The van der Waals surface area contributed by atoms with Crippen LogP contribution < -0.4 is 0 Å². The van der Waals surface area contributed by atoms with Crippen LogP contribution in [0, 0.1) is 0 Å². The van der Waals surface area contributed by atoms with E-state index in [1.165, 1.54) is 14.2 Å². The SMILES string of the molecule is COC(=O)C1=CC=C/C1=C(\O)OC. The molecule has 0 atom stereocenters. The van der Waals surface area contributed by atoms with Crippen molar-refractivity contribution in [1.29, 1.82) is 0 Å². The summed E-state index contributed by atoms with van der Waals surface area (Å²) < 4.78 is 9.11. The number of carbonyl (C=O) groups is 1. The molecule has 1 aliphatic rings. The molecule has 4 heteroatoms. The summed E-state index contributed by atoms with van der Waals surface area (Å²) in [5.74, 6) is -0.783. The molecule has 0 aliphatic heterocycles. The van der Waals surface area contributed by atoms with Gasteiger partial charge in [0.15, 0.2) is 0 Å². The molecule has 0 radical (unpaired) electrons. The summed E-state index contributed by atoms with van der Waals surface area (Å²) in [5, 5.41) is 9.23. The zero-order valence-corrected chi connectivity index (χ0v) is 7.40. The average Bonchev–Trinajstić information content (AvgIpc) is 2.63. The Bertz CT molecular complexity index is 310. The van der Waals surface area contributed by atoms with Crippen LogP contribution in [0.15, 0.2) is 35.3 Å². The van der Waals surface area contributed by atoms with Crippen molar-refractivity contribution in [2.45, 2.75) is 0 Å². The summed E-state index contributed by atoms with van der Waals surface area (Å²) in [7, 11) is 2.60. The fourth-order valence-electron chi connectivity index (χ4n) is 1.00. The lowest BCUT2D eigenvalue weighted by Crippen LogP contribution is -2.06. The molecule has 0 aromatic carbocycles. The molecule has 1 N–H and O–H groups in total. The van der Waals surface area contributed by atoms with Crippen molar-refractivity contribution in [2.75, 3.05) is 14.2 Å². The number of hydrogen-bond donors (Lipinski definition) is 1. The maximum Gasteiger partial charge on any atom is 0.338 e. The summed E-state index contributed by atoms with van der Waals surface area (Å²) in [5.41, 5.74) is 0.635. The highest BCUT2D eigenvalue weighted by Gasteiger charge is 2.20. The Morgan fingerprint density at radius 3 is 2.62 bits per heavy atom. The maximum absolute atomic E-state index is 11.1. The van der Waals surface area contributed by atoms with Crippen LogP contribution in [0.25, 0.3) is 0 Å². The number of esters is 1. The molecule has 70 valence electrons. The minimum absolute atomic E-state index is 0.287. The van der Waals surface area contributed by atoms with Gasteiger partial charge >= 0.3 is 5.97 Å². The van der Waals surface area contributed by atoms with Crippen molar-refractivity contribution in [1.82, 2.24) is 0 Å². The van der Waals surface area contributed by atoms with E-state index in [1.807, 2.05) is 0 Å². The second-order valence-electron chi connectivity index (χ2n) is 2.35. The number of hydrogen-bond acceptors (Lipinski definition) is 4. The van der Waals surface area contributed by atoms with Crippen molar-refractivity contribution in [3.63, 3.8) is 0 Å². The van der Waals surface area contributed by atoms with Gasteiger partial charge in [0.25, 0.3) is 5.95 Å². The topological polar surface area (TPSA) is 55.8 Å². The molecule has 0 heterocycles. The first kappa shape index (κ1) is 9.38. The van der Waals surface area contributed by atoms with Gasteiger partial charge in [-0.05, 0) is 12.2 Å². The highest BCUT2D eigenvalue weighted by Crippen LogP contribution is 2.22. The van der Waals surface area contributed by atoms with E-state index in [0.29, 0.717) is 11.1 Å². The van der Waals surface area contributed by atoms with Gasteiger partial charge in [-0.25, -0.2) is 4.79 Å². The second kappa shape index (κ2) is 3.80. The summed E-state index contributed by atoms with van der Waals surface area (Å²) in [4.78, 5) is 11.1. The van der Waals surface area contributed by atoms with Gasteiger partial charge in [-0.2, -0.15) is 0 Å². The number of aliphatic hydroxyl groups is 1. The molecule has 0 bridgehead atoms. The van der Waals surface area contributed by atoms with Gasteiger partial charge in [-0.1, -0.05) is 6.08 Å². The highest BCUT2D eigenvalue weighted by molar-refractivity contribution is 5.96. The second-order valence-corrected chi connectivity index (χ2v) is 2.35. The lowest BCUT2D eigenvalue weighted by atomic mass is 10.1. The Labute approximate surface area is 75.8 Å². The summed E-state index contributed by atoms with van der Waals surface area (Å²) in [6, 6.07) is 0. The lowest BCUT2D eigenvalue weighted by Gasteiger charge is -2.04. The van der Waals surface area contributed by atoms with E-state index in [4.69, 9.17) is 0 Å². The number of aliphatic hydroxyl groups excluding tert-OH is 1. The summed E-state index contributed by atoms with van der Waals surface area (Å²) in [6.45, 7) is 0. The zero-order chi connectivity index (χ0) is 9.84. The Morgan fingerprint density at radius 1 is 1.38 bits per heavy atom. The highest BCUT2D eigenvalue weighted by atomic mass is 16.6. The molecule has 0 amide bonds. The first-order valence-electron chi connectivity index (χ1n) is 3.65. The van der Waals surface area contributed by atoms with Gasteiger partial charge in [0.05, 0.1) is 25.4 Å². The van der Waals surface area contributed by atoms with Crippen molar-refractivity contribution in [3.8, 4) is 0 Å². The minimum Gasteiger partial charge on any atom is -0.481 e. The quantitative estimate of drug-likeness (QED) is 0.512. The first-order chi connectivity index (χ1) is 6.20. The maximum atomic E-state index is 11.1. The van der Waals surface area contributed by atoms with Crippen LogP contribution in [0.4, 0.5) is 0 Å². The van der Waals surface area contributed by atoms with E-state index in [0.717, 1.165) is 0 Å². The van der Waals surface area contributed by atoms with E-state index < -0.39 is 5.97 Å². The fraction of sp³-hybridized carbons (Fsp3) is 0.222. The third-order valence-electron chi connectivity index (χ3n) is 1.65. The standard InChI is InChI=1S/C9H10O4/c1-12-8(10)6-4-3-5-7(6)9(11)13-2/h3-5,10H,1-2H3/b8-6-. The van der Waals surface area contributed by atoms with Gasteiger partial charge in [0.2, 0.25) is 0 Å². The van der Waals surface area contributed by atoms with E-state index in [9.17, 15) is 9.90 Å². The Morgan fingerprint density at radius 2 is 2.08 bits per heavy atom. The Hall–Kier alpha value is -1.71. The third-order valence-corrected chi connectivity index (χ3v) is 1.65. The number of methoxy groups -OCH3 is 2. The molecule has 0 unspecified atom stereocenters. The zero-order valence-electron chi connectivity index (χ0n) is 7.40. The predicted octanol–water partition coefficient (Wildman–Crippen LogP) is 1.07. The molecule has 1 aliphatic carbocycles. The van der Waals surface area contributed by atoms with E-state index in [1.54, 1.807) is 18.2 Å². The van der Waals surface area contributed by atoms with E-state index >= 15 is 0 Å². The molecule has 0 spiro atoms. The molecular formula is C9H10O4. The van der Waals surface area contributed by atoms with Crippen LogP contribution >= 0.6 is 0 Å². The van der Waals surface area contributed by atoms with Crippen molar-refractivity contribution >= 4 is 5.97 Å². The number of ether oxygens (including phenoxy) is 2. The lowest BCUT2D eigenvalue weighted by molar-refractivity contribution is -0.135. The van der Waals surface area contributed by atoms with Crippen LogP contribution in [0.3, 0.4) is 0 Å². The van der Waals surface area contributed by atoms with Gasteiger partial charge in [-0.3, -0.25) is 0 Å². The molecule has 1 rings (SSSR count). The molecule has 0 saturated carbocycles. The molecule has 0 saturated heterocycles. The third kappa shape index (κ3) is 1.72. The van der Waals surface area contributed by atoms with Crippen LogP contribution in [-0.4, -0.2) is 25.3 Å². The normalized spacial score (nSPS) is 18.2. The average molecular weight is 182 g/mol. The molecule has 0 aromatic heterocycles. The minimum atomic E-state index is -0.497. The predicted molar refractivity (Wildman–Crippen MR) is 45.9 cm³/mol. The molecule has 0 fully saturated rings. The largest absolute Gasteiger partial charge is 0.481 e. The number of rotatable bonds is 2. The van der Waals surface area contributed by atoms with Gasteiger partial charge < -0.3 is 14.6 Å². The van der Waals surface area contributed by atoms with Crippen LogP contribution in [0.5, 0.6) is 0 Å². The Balaban J connectivity index is 2.97. The van der Waals surface area contributed by atoms with Gasteiger partial charge in [0, 0.05) is 0 Å². The van der Waals surface area contributed by atoms with Crippen LogP contribution in [0.2, 0.25) is 0 Å². The van der Waals surface area contributed by atoms with E-state index in [-0.39, 0.29) is 5.95 Å². The first-order valence-corrected chi connectivity index (χ1v) is 3.65. The van der Waals surface area contributed by atoms with Crippen molar-refractivity contribution < 1.29 is 19.4 Å². The summed E-state index contributed by atoms with van der Waals surface area (Å²) >= 11 is 0. The van der Waals surface area contributed by atoms with E-state index in [2.05, 4.69) is 9.47 Å². The van der Waals surface area contributed by atoms with Gasteiger partial charge in [-0.15, -0.1) is 0 Å². The molecule has 13 heavy (non-hydrogen) atoms. The number of allylic oxidation sites excluding steroid dienone is 3. The fourth-order valence-corrected chi connectivity index (χ4v) is 1.00. The summed E-state index contributed by atoms with van der Waals surface area (Å²) in [6.07, 6.45) is 4.76. The monoisotopic (exact) mass is 182 g/mol. The molecule has 0 aromatic rings. The Kier molecular flexibility index (Phi) is 2.74. The number of carbonyl (C=O) groups excluding carboxylic acids is 1. The molecule has 4 nitrogen and oxygen atoms in total. The van der Waals surface area contributed by atoms with Crippen LogP contribution in [0.1, 0.15) is 0 Å².